The molecular formula is C8H9ClO2. The molecule has 3 heteroatoms. The molecule has 1 rings (SSSR count). The van der Waals surface area contributed by atoms with Crippen molar-refractivity contribution in [3.63, 3.8) is 0 Å². The molecule has 0 spiro atoms. The molecule has 0 aliphatic carbocycles. The zero-order valence-electron chi connectivity index (χ0n) is 6.69. The molecule has 0 radical (unpaired) electrons. The first-order valence-corrected chi connectivity index (χ1v) is 3.68. The van der Waals surface area contributed by atoms with Crippen LogP contribution in [0, 0.1) is 13.8 Å². The molecule has 60 valence electrons. The summed E-state index contributed by atoms with van der Waals surface area (Å²) in [5, 5.41) is 0.313. The van der Waals surface area contributed by atoms with Crippen molar-refractivity contribution >= 4 is 17.4 Å². The predicted octanol–water partition coefficient (Wildman–Crippen LogP) is 2.75. The molecule has 0 amide bonds. The van der Waals surface area contributed by atoms with Crippen molar-refractivity contribution in [1.29, 1.82) is 0 Å². The van der Waals surface area contributed by atoms with Gasteiger partial charge in [-0.1, -0.05) is 0 Å². The molecule has 11 heavy (non-hydrogen) atoms. The highest BCUT2D eigenvalue weighted by Crippen LogP contribution is 2.25. The molecule has 0 N–H and O–H groups in total. The quantitative estimate of drug-likeness (QED) is 0.610. The second kappa shape index (κ2) is 2.70. The molecular weight excluding hydrogens is 164 g/mol. The molecule has 1 aromatic heterocycles. The van der Waals surface area contributed by atoms with E-state index in [9.17, 15) is 4.79 Å². The summed E-state index contributed by atoms with van der Waals surface area (Å²) < 4.78 is 5.05. The second-order valence-electron chi connectivity index (χ2n) is 2.49. The van der Waals surface area contributed by atoms with Crippen LogP contribution in [0.25, 0.3) is 0 Å². The van der Waals surface area contributed by atoms with Gasteiger partial charge < -0.3 is 4.42 Å². The predicted molar refractivity (Wildman–Crippen MR) is 43.2 cm³/mol. The molecule has 0 aliphatic heterocycles. The minimum Gasteiger partial charge on any atom is -0.449 e. The number of ketones is 1. The van der Waals surface area contributed by atoms with Crippen molar-refractivity contribution in [3.05, 3.63) is 22.1 Å². The summed E-state index contributed by atoms with van der Waals surface area (Å²) in [7, 11) is 0. The Bertz CT molecular complexity index is 299. The SMILES string of the molecule is CC(=O)c1c(C)oc(Cl)c1C. The first-order valence-electron chi connectivity index (χ1n) is 3.30. The van der Waals surface area contributed by atoms with Gasteiger partial charge in [0.05, 0.1) is 5.56 Å². The smallest absolute Gasteiger partial charge is 0.197 e. The second-order valence-corrected chi connectivity index (χ2v) is 2.83. The van der Waals surface area contributed by atoms with E-state index < -0.39 is 0 Å². The highest BCUT2D eigenvalue weighted by atomic mass is 35.5. The van der Waals surface area contributed by atoms with Crippen LogP contribution in [-0.4, -0.2) is 5.78 Å². The van der Waals surface area contributed by atoms with E-state index in [-0.39, 0.29) is 5.78 Å². The lowest BCUT2D eigenvalue weighted by atomic mass is 10.1. The van der Waals surface area contributed by atoms with Gasteiger partial charge >= 0.3 is 0 Å². The molecule has 2 nitrogen and oxygen atoms in total. The number of halogens is 1. The lowest BCUT2D eigenvalue weighted by Crippen LogP contribution is -1.93. The number of furan rings is 1. The van der Waals surface area contributed by atoms with Crippen LogP contribution < -0.4 is 0 Å². The van der Waals surface area contributed by atoms with Crippen LogP contribution in [0.1, 0.15) is 28.6 Å². The summed E-state index contributed by atoms with van der Waals surface area (Å²) in [5.41, 5.74) is 1.34. The van der Waals surface area contributed by atoms with Gasteiger partial charge in [0, 0.05) is 5.56 Å². The molecule has 0 unspecified atom stereocenters. The van der Waals surface area contributed by atoms with Gasteiger partial charge in [-0.2, -0.15) is 0 Å². The van der Waals surface area contributed by atoms with Gasteiger partial charge in [-0.15, -0.1) is 0 Å². The number of Topliss-reactive ketones (excluding diaryl/α,β-unsaturated/α-hetero) is 1. The molecule has 1 aromatic rings. The Hall–Kier alpha value is -0.760. The van der Waals surface area contributed by atoms with Crippen LogP contribution in [0.4, 0.5) is 0 Å². The van der Waals surface area contributed by atoms with Crippen LogP contribution in [0.2, 0.25) is 5.22 Å². The van der Waals surface area contributed by atoms with E-state index in [1.54, 1.807) is 13.8 Å². The maximum atomic E-state index is 11.0. The Morgan fingerprint density at radius 1 is 1.45 bits per heavy atom. The van der Waals surface area contributed by atoms with Crippen LogP contribution in [0.3, 0.4) is 0 Å². The largest absolute Gasteiger partial charge is 0.449 e. The number of hydrogen-bond donors (Lipinski definition) is 0. The zero-order chi connectivity index (χ0) is 8.59. The summed E-state index contributed by atoms with van der Waals surface area (Å²) in [6.45, 7) is 5.01. The maximum absolute atomic E-state index is 11.0. The normalized spacial score (nSPS) is 10.2. The number of hydrogen-bond acceptors (Lipinski definition) is 2. The first-order chi connectivity index (χ1) is 5.04. The number of aryl methyl sites for hydroxylation is 1. The molecule has 0 aliphatic rings. The van der Waals surface area contributed by atoms with Crippen molar-refractivity contribution < 1.29 is 9.21 Å². The Balaban J connectivity index is 3.34. The van der Waals surface area contributed by atoms with Crippen LogP contribution in [0.5, 0.6) is 0 Å². The third-order valence-electron chi connectivity index (χ3n) is 1.62. The lowest BCUT2D eigenvalue weighted by molar-refractivity contribution is 0.101. The summed E-state index contributed by atoms with van der Waals surface area (Å²) in [6.07, 6.45) is 0. The van der Waals surface area contributed by atoms with E-state index in [1.165, 1.54) is 6.92 Å². The number of carbonyl (C=O) groups excluding carboxylic acids is 1. The topological polar surface area (TPSA) is 30.2 Å². The molecule has 0 fully saturated rings. The standard InChI is InChI=1S/C8H9ClO2/c1-4-7(5(2)10)6(3)11-8(4)9/h1-3H3. The Morgan fingerprint density at radius 2 is 2.00 bits per heavy atom. The number of carbonyl (C=O) groups is 1. The average molecular weight is 173 g/mol. The highest BCUT2D eigenvalue weighted by molar-refractivity contribution is 6.30. The monoisotopic (exact) mass is 172 g/mol. The van der Waals surface area contributed by atoms with E-state index in [2.05, 4.69) is 0 Å². The molecule has 0 bridgehead atoms. The minimum atomic E-state index is -0.00403. The van der Waals surface area contributed by atoms with Gasteiger partial charge in [0.25, 0.3) is 0 Å². The van der Waals surface area contributed by atoms with Crippen LogP contribution in [0.15, 0.2) is 4.42 Å². The summed E-state index contributed by atoms with van der Waals surface area (Å²) >= 11 is 5.66. The van der Waals surface area contributed by atoms with Gasteiger partial charge in [0.1, 0.15) is 5.76 Å². The third-order valence-corrected chi connectivity index (χ3v) is 1.98. The summed E-state index contributed by atoms with van der Waals surface area (Å²) in [4.78, 5) is 11.0. The van der Waals surface area contributed by atoms with Crippen LogP contribution >= 0.6 is 11.6 Å². The van der Waals surface area contributed by atoms with Gasteiger partial charge in [-0.25, -0.2) is 0 Å². The van der Waals surface area contributed by atoms with E-state index >= 15 is 0 Å². The zero-order valence-corrected chi connectivity index (χ0v) is 7.45. The van der Waals surface area contributed by atoms with Gasteiger partial charge in [0.15, 0.2) is 11.0 Å². The molecule has 0 aromatic carbocycles. The Labute approximate surface area is 70.2 Å². The van der Waals surface area contributed by atoms with E-state index in [1.807, 2.05) is 0 Å². The fourth-order valence-electron chi connectivity index (χ4n) is 1.14. The fraction of sp³-hybridized carbons (Fsp3) is 0.375. The van der Waals surface area contributed by atoms with Gasteiger partial charge in [-0.3, -0.25) is 4.79 Å². The summed E-state index contributed by atoms with van der Waals surface area (Å²) in [6, 6.07) is 0. The molecule has 0 saturated carbocycles. The van der Waals surface area contributed by atoms with Crippen molar-refractivity contribution in [3.8, 4) is 0 Å². The minimum absolute atomic E-state index is 0.00403. The Morgan fingerprint density at radius 3 is 2.18 bits per heavy atom. The van der Waals surface area contributed by atoms with E-state index in [0.29, 0.717) is 16.5 Å². The third kappa shape index (κ3) is 1.31. The molecule has 0 saturated heterocycles. The van der Waals surface area contributed by atoms with Crippen molar-refractivity contribution in [2.45, 2.75) is 20.8 Å². The van der Waals surface area contributed by atoms with Crippen molar-refractivity contribution in [2.24, 2.45) is 0 Å². The summed E-state index contributed by atoms with van der Waals surface area (Å²) in [5.74, 6) is 0.593. The molecule has 0 atom stereocenters. The van der Waals surface area contributed by atoms with E-state index in [0.717, 1.165) is 5.56 Å². The van der Waals surface area contributed by atoms with Crippen molar-refractivity contribution in [2.75, 3.05) is 0 Å². The van der Waals surface area contributed by atoms with Crippen molar-refractivity contribution in [1.82, 2.24) is 0 Å². The molecule has 1 heterocycles. The van der Waals surface area contributed by atoms with E-state index in [4.69, 9.17) is 16.0 Å². The fourth-order valence-corrected chi connectivity index (χ4v) is 1.35. The van der Waals surface area contributed by atoms with Crippen LogP contribution in [-0.2, 0) is 0 Å². The first kappa shape index (κ1) is 8.34. The van der Waals surface area contributed by atoms with Gasteiger partial charge in [-0.05, 0) is 32.4 Å². The average Bonchev–Trinajstić information content (AvgIpc) is 2.07. The maximum Gasteiger partial charge on any atom is 0.197 e. The van der Waals surface area contributed by atoms with Gasteiger partial charge in [0.2, 0.25) is 0 Å². The number of rotatable bonds is 1. The Kier molecular flexibility index (Phi) is 2.05. The highest BCUT2D eigenvalue weighted by Gasteiger charge is 2.15. The lowest BCUT2D eigenvalue weighted by Gasteiger charge is -1.90.